The molecule has 17 heavy (non-hydrogen) atoms. The van der Waals surface area contributed by atoms with Gasteiger partial charge in [0.2, 0.25) is 0 Å². The predicted octanol–water partition coefficient (Wildman–Crippen LogP) is 5.55. The van der Waals surface area contributed by atoms with Gasteiger partial charge in [0, 0.05) is 10.4 Å². The van der Waals surface area contributed by atoms with Gasteiger partial charge in [0.25, 0.3) is 0 Å². The molecule has 0 amide bonds. The van der Waals surface area contributed by atoms with Crippen LogP contribution in [-0.4, -0.2) is 5.88 Å². The summed E-state index contributed by atoms with van der Waals surface area (Å²) < 4.78 is 1.22. The number of rotatable bonds is 5. The van der Waals surface area contributed by atoms with Gasteiger partial charge < -0.3 is 0 Å². The lowest BCUT2D eigenvalue weighted by atomic mass is 10.00. The molecule has 2 aromatic rings. The standard InChI is InChI=1S/C15H16BrCl/c16-15-10-9-12-6-3-4-7-13(12)14(15)8-2-1-5-11-17/h3-4,6-7,9-10H,1-2,5,8,11H2. The van der Waals surface area contributed by atoms with E-state index in [2.05, 4.69) is 52.3 Å². The maximum Gasteiger partial charge on any atom is 0.0223 e. The SMILES string of the molecule is ClCCCCCc1c(Br)ccc2ccccc12. The molecule has 2 heteroatoms. The number of benzene rings is 2. The minimum atomic E-state index is 0.775. The topological polar surface area (TPSA) is 0 Å². The lowest BCUT2D eigenvalue weighted by Crippen LogP contribution is -1.90. The van der Waals surface area contributed by atoms with Crippen molar-refractivity contribution in [2.75, 3.05) is 5.88 Å². The summed E-state index contributed by atoms with van der Waals surface area (Å²) in [4.78, 5) is 0. The molecule has 0 unspecified atom stereocenters. The van der Waals surface area contributed by atoms with E-state index in [4.69, 9.17) is 11.6 Å². The van der Waals surface area contributed by atoms with Crippen LogP contribution in [0.25, 0.3) is 10.8 Å². The van der Waals surface area contributed by atoms with Crippen LogP contribution in [0.15, 0.2) is 40.9 Å². The van der Waals surface area contributed by atoms with Crippen LogP contribution in [0.4, 0.5) is 0 Å². The van der Waals surface area contributed by atoms with Crippen molar-refractivity contribution in [1.29, 1.82) is 0 Å². The molecule has 90 valence electrons. The molecule has 0 aromatic heterocycles. The third-order valence-corrected chi connectivity index (χ3v) is 4.05. The summed E-state index contributed by atoms with van der Waals surface area (Å²) in [5, 5.41) is 2.69. The molecule has 0 aliphatic carbocycles. The summed E-state index contributed by atoms with van der Waals surface area (Å²) in [7, 11) is 0. The Kier molecular flexibility index (Phi) is 4.87. The van der Waals surface area contributed by atoms with Crippen molar-refractivity contribution in [1.82, 2.24) is 0 Å². The second-order valence-electron chi connectivity index (χ2n) is 4.25. The summed E-state index contributed by atoms with van der Waals surface area (Å²) in [6.07, 6.45) is 4.65. The fourth-order valence-corrected chi connectivity index (χ4v) is 2.87. The number of fused-ring (bicyclic) bond motifs is 1. The van der Waals surface area contributed by atoms with E-state index in [-0.39, 0.29) is 0 Å². The first kappa shape index (κ1) is 12.9. The zero-order chi connectivity index (χ0) is 12.1. The monoisotopic (exact) mass is 310 g/mol. The van der Waals surface area contributed by atoms with E-state index < -0.39 is 0 Å². The summed E-state index contributed by atoms with van der Waals surface area (Å²) in [6.45, 7) is 0. The maximum atomic E-state index is 5.70. The molecule has 0 spiro atoms. The highest BCUT2D eigenvalue weighted by Crippen LogP contribution is 2.28. The summed E-state index contributed by atoms with van der Waals surface area (Å²) in [5.41, 5.74) is 1.43. The lowest BCUT2D eigenvalue weighted by Gasteiger charge is -2.09. The molecule has 0 N–H and O–H groups in total. The number of hydrogen-bond donors (Lipinski definition) is 0. The van der Waals surface area contributed by atoms with Crippen molar-refractivity contribution in [2.45, 2.75) is 25.7 Å². The Morgan fingerprint density at radius 3 is 2.59 bits per heavy atom. The Labute approximate surface area is 116 Å². The van der Waals surface area contributed by atoms with Gasteiger partial charge in [0.15, 0.2) is 0 Å². The highest BCUT2D eigenvalue weighted by Gasteiger charge is 2.05. The number of unbranched alkanes of at least 4 members (excludes halogenated alkanes) is 2. The van der Waals surface area contributed by atoms with E-state index in [9.17, 15) is 0 Å². The van der Waals surface area contributed by atoms with E-state index >= 15 is 0 Å². The predicted molar refractivity (Wildman–Crippen MR) is 79.9 cm³/mol. The molecule has 0 radical (unpaired) electrons. The van der Waals surface area contributed by atoms with Crippen LogP contribution in [0.3, 0.4) is 0 Å². The first-order valence-electron chi connectivity index (χ1n) is 6.05. The average molecular weight is 312 g/mol. The molecule has 0 bridgehead atoms. The Morgan fingerprint density at radius 2 is 1.76 bits per heavy atom. The summed E-state index contributed by atoms with van der Waals surface area (Å²) in [6, 6.07) is 12.9. The first-order valence-corrected chi connectivity index (χ1v) is 7.38. The number of aryl methyl sites for hydroxylation is 1. The largest absolute Gasteiger partial charge is 0.127 e. The van der Waals surface area contributed by atoms with E-state index in [0.29, 0.717) is 0 Å². The van der Waals surface area contributed by atoms with Gasteiger partial charge in [0.1, 0.15) is 0 Å². The Balaban J connectivity index is 2.22. The van der Waals surface area contributed by atoms with Crippen molar-refractivity contribution < 1.29 is 0 Å². The van der Waals surface area contributed by atoms with Crippen LogP contribution in [0.5, 0.6) is 0 Å². The summed E-state index contributed by atoms with van der Waals surface area (Å²) in [5.74, 6) is 0.775. The highest BCUT2D eigenvalue weighted by molar-refractivity contribution is 9.10. The van der Waals surface area contributed by atoms with Crippen LogP contribution in [0.2, 0.25) is 0 Å². The summed E-state index contributed by atoms with van der Waals surface area (Å²) >= 11 is 9.36. The van der Waals surface area contributed by atoms with Crippen LogP contribution < -0.4 is 0 Å². The van der Waals surface area contributed by atoms with E-state index in [1.165, 1.54) is 33.7 Å². The van der Waals surface area contributed by atoms with E-state index in [1.807, 2.05) is 0 Å². The third-order valence-electron chi connectivity index (χ3n) is 3.04. The molecular formula is C15H16BrCl. The number of alkyl halides is 1. The third kappa shape index (κ3) is 3.23. The molecule has 0 aliphatic rings. The van der Waals surface area contributed by atoms with Crippen LogP contribution in [-0.2, 0) is 6.42 Å². The van der Waals surface area contributed by atoms with Gasteiger partial charge in [-0.15, -0.1) is 11.6 Å². The lowest BCUT2D eigenvalue weighted by molar-refractivity contribution is 0.721. The van der Waals surface area contributed by atoms with Gasteiger partial charge in [-0.1, -0.05) is 52.7 Å². The van der Waals surface area contributed by atoms with E-state index in [1.54, 1.807) is 0 Å². The molecule has 0 aliphatic heterocycles. The molecule has 0 saturated heterocycles. The van der Waals surface area contributed by atoms with Gasteiger partial charge in [-0.25, -0.2) is 0 Å². The second-order valence-corrected chi connectivity index (χ2v) is 5.48. The second kappa shape index (κ2) is 6.42. The fraction of sp³-hybridized carbons (Fsp3) is 0.333. The van der Waals surface area contributed by atoms with Gasteiger partial charge in [-0.3, -0.25) is 0 Å². The molecule has 0 saturated carbocycles. The smallest absolute Gasteiger partial charge is 0.0223 e. The van der Waals surface area contributed by atoms with Crippen molar-refractivity contribution >= 4 is 38.3 Å². The first-order chi connectivity index (χ1) is 8.33. The molecule has 0 heterocycles. The van der Waals surface area contributed by atoms with Crippen LogP contribution >= 0.6 is 27.5 Å². The van der Waals surface area contributed by atoms with Crippen molar-refractivity contribution in [3.8, 4) is 0 Å². The van der Waals surface area contributed by atoms with Gasteiger partial charge in [-0.05, 0) is 41.7 Å². The molecule has 0 atom stereocenters. The normalized spacial score (nSPS) is 10.9. The molecule has 0 fully saturated rings. The average Bonchev–Trinajstić information content (AvgIpc) is 2.37. The molecule has 0 nitrogen and oxygen atoms in total. The number of halogens is 2. The zero-order valence-electron chi connectivity index (χ0n) is 9.76. The van der Waals surface area contributed by atoms with E-state index in [0.717, 1.165) is 18.7 Å². The molecule has 2 aromatic carbocycles. The quantitative estimate of drug-likeness (QED) is 0.501. The van der Waals surface area contributed by atoms with Crippen molar-refractivity contribution in [2.24, 2.45) is 0 Å². The van der Waals surface area contributed by atoms with Gasteiger partial charge >= 0.3 is 0 Å². The van der Waals surface area contributed by atoms with Crippen LogP contribution in [0.1, 0.15) is 24.8 Å². The van der Waals surface area contributed by atoms with Crippen molar-refractivity contribution in [3.05, 3.63) is 46.4 Å². The maximum absolute atomic E-state index is 5.70. The van der Waals surface area contributed by atoms with Crippen molar-refractivity contribution in [3.63, 3.8) is 0 Å². The van der Waals surface area contributed by atoms with Crippen LogP contribution in [0, 0.1) is 0 Å². The number of hydrogen-bond acceptors (Lipinski definition) is 0. The fourth-order valence-electron chi connectivity index (χ4n) is 2.14. The Hall–Kier alpha value is -0.530. The van der Waals surface area contributed by atoms with Gasteiger partial charge in [0.05, 0.1) is 0 Å². The minimum absolute atomic E-state index is 0.775. The molecular weight excluding hydrogens is 296 g/mol. The Morgan fingerprint density at radius 1 is 0.941 bits per heavy atom. The Bertz CT molecular complexity index is 493. The highest BCUT2D eigenvalue weighted by atomic mass is 79.9. The molecule has 2 rings (SSSR count). The zero-order valence-corrected chi connectivity index (χ0v) is 12.1. The van der Waals surface area contributed by atoms with Gasteiger partial charge in [-0.2, -0.15) is 0 Å². The minimum Gasteiger partial charge on any atom is -0.127 e.